The maximum Gasteiger partial charge on any atom is 0.418 e. The van der Waals surface area contributed by atoms with Crippen molar-refractivity contribution in [2.45, 2.75) is 12.6 Å². The number of rotatable bonds is 6. The Hall–Kier alpha value is -2.41. The first kappa shape index (κ1) is 19.9. The van der Waals surface area contributed by atoms with E-state index in [1.165, 1.54) is 6.07 Å². The molecule has 0 aromatic heterocycles. The second-order valence-electron chi connectivity index (χ2n) is 5.85. The summed E-state index contributed by atoms with van der Waals surface area (Å²) < 4.78 is 39.0. The quantitative estimate of drug-likeness (QED) is 0.746. The largest absolute Gasteiger partial charge is 0.418 e. The number of alkyl halides is 3. The lowest BCUT2D eigenvalue weighted by Gasteiger charge is -2.15. The predicted octanol–water partition coefficient (Wildman–Crippen LogP) is 4.87. The summed E-state index contributed by atoms with van der Waals surface area (Å²) in [5.74, 6) is -0.518. The van der Waals surface area contributed by atoms with E-state index in [0.717, 1.165) is 23.5 Å². The smallest absolute Gasteiger partial charge is 0.385 e. The molecule has 0 fully saturated rings. The van der Waals surface area contributed by atoms with Crippen molar-refractivity contribution in [2.24, 2.45) is 0 Å². The summed E-state index contributed by atoms with van der Waals surface area (Å²) in [5, 5.41) is 5.31. The number of hydrogen-bond donors (Lipinski definition) is 2. The number of halogens is 4. The molecule has 0 bridgehead atoms. The third-order valence-corrected chi connectivity index (χ3v) is 3.86. The fraction of sp³-hybridized carbons (Fsp3) is 0.278. The van der Waals surface area contributed by atoms with Crippen LogP contribution in [0.25, 0.3) is 0 Å². The number of carbonyl (C=O) groups is 1. The van der Waals surface area contributed by atoms with Crippen LogP contribution >= 0.6 is 11.6 Å². The van der Waals surface area contributed by atoms with E-state index in [1.54, 1.807) is 0 Å². The van der Waals surface area contributed by atoms with Gasteiger partial charge in [-0.15, -0.1) is 0 Å². The molecule has 2 aromatic rings. The summed E-state index contributed by atoms with van der Waals surface area (Å²) in [6.45, 7) is 0.294. The van der Waals surface area contributed by atoms with Crippen molar-refractivity contribution in [1.29, 1.82) is 0 Å². The van der Waals surface area contributed by atoms with Crippen LogP contribution in [-0.4, -0.2) is 26.5 Å². The van der Waals surface area contributed by atoms with Gasteiger partial charge in [0.2, 0.25) is 5.91 Å². The van der Waals surface area contributed by atoms with E-state index >= 15 is 0 Å². The maximum atomic E-state index is 13.0. The number of benzene rings is 2. The Morgan fingerprint density at radius 2 is 1.77 bits per heavy atom. The van der Waals surface area contributed by atoms with E-state index in [2.05, 4.69) is 10.6 Å². The molecule has 0 saturated carbocycles. The van der Waals surface area contributed by atoms with Crippen molar-refractivity contribution in [3.8, 4) is 0 Å². The molecule has 4 nitrogen and oxygen atoms in total. The van der Waals surface area contributed by atoms with Gasteiger partial charge in [-0.25, -0.2) is 0 Å². The summed E-state index contributed by atoms with van der Waals surface area (Å²) in [7, 11) is 3.86. The van der Waals surface area contributed by atoms with Gasteiger partial charge in [-0.05, 0) is 42.5 Å². The number of amides is 1. The second kappa shape index (κ2) is 8.31. The molecule has 1 amide bonds. The number of nitrogens with one attached hydrogen (secondary N) is 2. The van der Waals surface area contributed by atoms with Gasteiger partial charge >= 0.3 is 6.18 Å². The normalized spacial score (nSPS) is 11.2. The Morgan fingerprint density at radius 3 is 2.35 bits per heavy atom. The predicted molar refractivity (Wildman–Crippen MR) is 99.0 cm³/mol. The Kier molecular flexibility index (Phi) is 6.37. The zero-order valence-corrected chi connectivity index (χ0v) is 15.1. The fourth-order valence-electron chi connectivity index (χ4n) is 2.27. The minimum atomic E-state index is -4.60. The SMILES string of the molecule is CN(C)c1ccc(NCCC(=O)Nc2ccc(Cl)cc2C(F)(F)F)cc1. The van der Waals surface area contributed by atoms with Crippen LogP contribution in [0.5, 0.6) is 0 Å². The van der Waals surface area contributed by atoms with Crippen LogP contribution in [0.15, 0.2) is 42.5 Å². The van der Waals surface area contributed by atoms with Crippen molar-refractivity contribution >= 4 is 34.6 Å². The molecule has 0 unspecified atom stereocenters. The molecular formula is C18H19ClF3N3O. The summed E-state index contributed by atoms with van der Waals surface area (Å²) >= 11 is 5.62. The molecule has 0 atom stereocenters. The molecule has 0 aliphatic rings. The first-order valence-corrected chi connectivity index (χ1v) is 8.22. The first-order chi connectivity index (χ1) is 12.2. The number of hydrogen-bond acceptors (Lipinski definition) is 3. The van der Waals surface area contributed by atoms with Crippen molar-refractivity contribution in [2.75, 3.05) is 36.2 Å². The third kappa shape index (κ3) is 5.56. The lowest BCUT2D eigenvalue weighted by Crippen LogP contribution is -2.19. The van der Waals surface area contributed by atoms with Crippen LogP contribution < -0.4 is 15.5 Å². The van der Waals surface area contributed by atoms with Gasteiger partial charge in [0, 0.05) is 43.5 Å². The molecule has 0 heterocycles. The van der Waals surface area contributed by atoms with Gasteiger partial charge in [-0.3, -0.25) is 4.79 Å². The molecule has 0 spiro atoms. The van der Waals surface area contributed by atoms with Crippen LogP contribution in [-0.2, 0) is 11.0 Å². The average Bonchev–Trinajstić information content (AvgIpc) is 2.56. The Bertz CT molecular complexity index is 761. The second-order valence-corrected chi connectivity index (χ2v) is 6.29. The molecule has 8 heteroatoms. The molecule has 26 heavy (non-hydrogen) atoms. The van der Waals surface area contributed by atoms with E-state index in [4.69, 9.17) is 11.6 Å². The molecule has 0 radical (unpaired) electrons. The van der Waals surface area contributed by atoms with Gasteiger partial charge in [0.25, 0.3) is 0 Å². The Morgan fingerprint density at radius 1 is 1.12 bits per heavy atom. The summed E-state index contributed by atoms with van der Waals surface area (Å²) in [5.41, 5.74) is 0.592. The molecular weight excluding hydrogens is 367 g/mol. The Labute approximate surface area is 154 Å². The zero-order chi connectivity index (χ0) is 19.3. The van der Waals surface area contributed by atoms with Gasteiger partial charge in [-0.1, -0.05) is 11.6 Å². The van der Waals surface area contributed by atoms with Gasteiger partial charge in [0.05, 0.1) is 11.3 Å². The number of nitrogens with zero attached hydrogens (tertiary/aromatic N) is 1. The molecule has 0 saturated heterocycles. The van der Waals surface area contributed by atoms with Gasteiger partial charge in [0.1, 0.15) is 0 Å². The van der Waals surface area contributed by atoms with Gasteiger partial charge < -0.3 is 15.5 Å². The zero-order valence-electron chi connectivity index (χ0n) is 14.3. The van der Waals surface area contributed by atoms with E-state index in [0.29, 0.717) is 6.54 Å². The minimum absolute atomic E-state index is 0.0232. The van der Waals surface area contributed by atoms with Gasteiger partial charge in [-0.2, -0.15) is 13.2 Å². The minimum Gasteiger partial charge on any atom is -0.385 e. The molecule has 140 valence electrons. The maximum absolute atomic E-state index is 13.0. The third-order valence-electron chi connectivity index (χ3n) is 3.63. The Balaban J connectivity index is 1.91. The van der Waals surface area contributed by atoms with Crippen LogP contribution in [0.1, 0.15) is 12.0 Å². The molecule has 0 aliphatic heterocycles. The molecule has 2 N–H and O–H groups in total. The monoisotopic (exact) mass is 385 g/mol. The van der Waals surface area contributed by atoms with Crippen LogP contribution in [0.3, 0.4) is 0 Å². The fourth-order valence-corrected chi connectivity index (χ4v) is 2.44. The van der Waals surface area contributed by atoms with Crippen molar-refractivity contribution in [3.05, 3.63) is 53.1 Å². The molecule has 2 rings (SSSR count). The van der Waals surface area contributed by atoms with Crippen LogP contribution in [0, 0.1) is 0 Å². The standard InChI is InChI=1S/C18H19ClF3N3O/c1-25(2)14-6-4-13(5-7-14)23-10-9-17(26)24-16-8-3-12(19)11-15(16)18(20,21)22/h3-8,11,23H,9-10H2,1-2H3,(H,24,26). The summed E-state index contributed by atoms with van der Waals surface area (Å²) in [4.78, 5) is 13.9. The number of carbonyl (C=O) groups excluding carboxylic acids is 1. The van der Waals surface area contributed by atoms with Crippen molar-refractivity contribution in [1.82, 2.24) is 0 Å². The van der Waals surface area contributed by atoms with Crippen molar-refractivity contribution < 1.29 is 18.0 Å². The first-order valence-electron chi connectivity index (χ1n) is 7.84. The summed E-state index contributed by atoms with van der Waals surface area (Å²) in [6, 6.07) is 10.8. The highest BCUT2D eigenvalue weighted by Gasteiger charge is 2.34. The number of anilines is 3. The topological polar surface area (TPSA) is 44.4 Å². The average molecular weight is 386 g/mol. The van der Waals surface area contributed by atoms with E-state index in [9.17, 15) is 18.0 Å². The highest BCUT2D eigenvalue weighted by atomic mass is 35.5. The highest BCUT2D eigenvalue weighted by molar-refractivity contribution is 6.30. The van der Waals surface area contributed by atoms with Crippen LogP contribution in [0.4, 0.5) is 30.2 Å². The lowest BCUT2D eigenvalue weighted by atomic mass is 10.1. The highest BCUT2D eigenvalue weighted by Crippen LogP contribution is 2.36. The lowest BCUT2D eigenvalue weighted by molar-refractivity contribution is -0.137. The van der Waals surface area contributed by atoms with E-state index in [1.807, 2.05) is 43.3 Å². The summed E-state index contributed by atoms with van der Waals surface area (Å²) in [6.07, 6.45) is -4.57. The molecule has 0 aliphatic carbocycles. The molecule has 2 aromatic carbocycles. The van der Waals surface area contributed by atoms with Crippen LogP contribution in [0.2, 0.25) is 5.02 Å². The van der Waals surface area contributed by atoms with E-state index < -0.39 is 17.6 Å². The van der Waals surface area contributed by atoms with Gasteiger partial charge in [0.15, 0.2) is 0 Å². The van der Waals surface area contributed by atoms with Crippen molar-refractivity contribution in [3.63, 3.8) is 0 Å². The van der Waals surface area contributed by atoms with E-state index in [-0.39, 0.29) is 17.1 Å².